The summed E-state index contributed by atoms with van der Waals surface area (Å²) in [6.45, 7) is 23.3. The minimum absolute atomic E-state index is 0.0102. The zero-order valence-electron chi connectivity index (χ0n) is 49.3. The molecule has 428 valence electrons. The molecule has 79 heavy (non-hydrogen) atoms. The molecule has 0 saturated heterocycles. The molecule has 0 aliphatic carbocycles. The van der Waals surface area contributed by atoms with Crippen molar-refractivity contribution >= 4 is 104 Å². The van der Waals surface area contributed by atoms with Gasteiger partial charge in [-0.25, -0.2) is 0 Å². The van der Waals surface area contributed by atoms with E-state index in [9.17, 15) is 0 Å². The third-order valence-corrected chi connectivity index (χ3v) is 34.5. The van der Waals surface area contributed by atoms with Crippen LogP contribution in [0.15, 0.2) is 146 Å². The maximum atomic E-state index is 7.18. The Balaban J connectivity index is 1.38. The highest BCUT2D eigenvalue weighted by atomic mass is 32.4. The number of benzene rings is 6. The second kappa shape index (κ2) is 31.9. The lowest BCUT2D eigenvalue weighted by atomic mass is 10.2. The number of ether oxygens (including phenoxy) is 4. The van der Waals surface area contributed by atoms with Gasteiger partial charge in [-0.2, -0.15) is 0 Å². The Bertz CT molecular complexity index is 2570. The molecule has 0 saturated carbocycles. The van der Waals surface area contributed by atoms with Gasteiger partial charge in [0.25, 0.3) is 0 Å². The molecule has 0 N–H and O–H groups in total. The Morgan fingerprint density at radius 3 is 0.759 bits per heavy atom. The molecule has 0 aliphatic rings. The number of hydrogen-bond donors (Lipinski definition) is 0. The van der Waals surface area contributed by atoms with E-state index < -0.39 is 26.4 Å². The molecule has 0 radical (unpaired) electrons. The molecule has 6 aromatic rings. The predicted molar refractivity (Wildman–Crippen MR) is 360 cm³/mol. The van der Waals surface area contributed by atoms with Crippen LogP contribution in [0.25, 0.3) is 0 Å². The first-order valence-corrected chi connectivity index (χ1v) is 41.1. The van der Waals surface area contributed by atoms with E-state index >= 15 is 0 Å². The van der Waals surface area contributed by atoms with Crippen molar-refractivity contribution in [3.05, 3.63) is 146 Å². The summed E-state index contributed by atoms with van der Waals surface area (Å²) in [5, 5.41) is 8.89. The molecule has 0 aromatic heterocycles. The Labute approximate surface area is 494 Å². The van der Waals surface area contributed by atoms with Crippen molar-refractivity contribution in [2.24, 2.45) is 0 Å². The van der Waals surface area contributed by atoms with Gasteiger partial charge in [0.1, 0.15) is 23.0 Å². The van der Waals surface area contributed by atoms with E-state index in [0.29, 0.717) is 32.8 Å². The minimum atomic E-state index is -2.59. The third kappa shape index (κ3) is 17.8. The summed E-state index contributed by atoms with van der Waals surface area (Å²) in [6.07, 6.45) is 19.1. The summed E-state index contributed by atoms with van der Waals surface area (Å²) in [5.41, 5.74) is 0. The van der Waals surface area contributed by atoms with Crippen molar-refractivity contribution in [3.8, 4) is 23.0 Å². The van der Waals surface area contributed by atoms with E-state index in [1.54, 1.807) is 0 Å². The van der Waals surface area contributed by atoms with Crippen molar-refractivity contribution < 1.29 is 23.4 Å². The minimum Gasteiger partial charge on any atom is -0.494 e. The van der Waals surface area contributed by atoms with Crippen LogP contribution in [0.1, 0.15) is 151 Å². The van der Waals surface area contributed by atoms with Gasteiger partial charge in [0.2, 0.25) is 0 Å². The van der Waals surface area contributed by atoms with E-state index in [2.05, 4.69) is 207 Å². The van der Waals surface area contributed by atoms with Gasteiger partial charge in [-0.3, -0.25) is 0 Å². The predicted octanol–water partition coefficient (Wildman–Crippen LogP) is 16.4. The first-order chi connectivity index (χ1) is 38.0. The topological polar surface area (TPSA) is 46.2 Å². The molecule has 0 spiro atoms. The molecule has 0 atom stereocenters. The highest BCUT2D eigenvalue weighted by molar-refractivity contribution is 8.26. The van der Waals surface area contributed by atoms with Gasteiger partial charge in [-0.05, 0) is 183 Å². The quantitative estimate of drug-likeness (QED) is 0.0222. The molecule has 6 aromatic carbocycles. The summed E-state index contributed by atoms with van der Waals surface area (Å²) >= 11 is 21.1. The molecular weight excluding hydrogens is 1100 g/mol. The van der Waals surface area contributed by atoms with Crippen molar-refractivity contribution in [1.29, 1.82) is 0 Å². The Morgan fingerprint density at radius 1 is 0.329 bits per heavy atom. The summed E-state index contributed by atoms with van der Waals surface area (Å²) < 4.78 is 32.1. The maximum Gasteiger partial charge on any atom is 0.192 e. The standard InChI is InChI=1S/C67H93O5P3S3Si/c1-10-14-18-22-50-68-55-26-34-61(35-27-55)74(77,62-36-28-56(29-37-62)69-51-23-19-15-11-2)65-46-42-59(43-47-65)73(76,54-72-79(8,9)67(5,6)7)60-44-48-66(49-45-60)75(78,63-38-30-57(31-39-63)70-52-24-20-16-12-3)64-40-32-58(33-41-64)71-53-25-21-17-13-4/h26-49H,10-25,50-54H2,1-9H3. The van der Waals surface area contributed by atoms with Gasteiger partial charge in [-0.1, -0.05) is 209 Å². The Morgan fingerprint density at radius 2 is 0.544 bits per heavy atom. The van der Waals surface area contributed by atoms with Crippen LogP contribution in [0.3, 0.4) is 0 Å². The fraction of sp³-hybridized carbons (Fsp3) is 0.463. The van der Waals surface area contributed by atoms with E-state index in [1.807, 2.05) is 0 Å². The van der Waals surface area contributed by atoms with Crippen molar-refractivity contribution in [2.45, 2.75) is 169 Å². The molecule has 5 nitrogen and oxygen atoms in total. The van der Waals surface area contributed by atoms with Crippen molar-refractivity contribution in [1.82, 2.24) is 0 Å². The van der Waals surface area contributed by atoms with Gasteiger partial charge in [0, 0.05) is 18.1 Å². The van der Waals surface area contributed by atoms with Crippen LogP contribution < -0.4 is 61.4 Å². The molecule has 12 heteroatoms. The number of rotatable bonds is 35. The van der Waals surface area contributed by atoms with Crippen LogP contribution in [0.2, 0.25) is 18.1 Å². The first-order valence-electron chi connectivity index (χ1n) is 29.6. The Hall–Kier alpha value is -3.35. The average molecular weight is 1200 g/mol. The van der Waals surface area contributed by atoms with Crippen LogP contribution in [-0.2, 0) is 39.8 Å². The van der Waals surface area contributed by atoms with Crippen molar-refractivity contribution in [3.63, 3.8) is 0 Å². The van der Waals surface area contributed by atoms with Gasteiger partial charge in [0.05, 0.1) is 32.8 Å². The molecule has 0 bridgehead atoms. The van der Waals surface area contributed by atoms with Crippen LogP contribution in [0.4, 0.5) is 0 Å². The summed E-state index contributed by atoms with van der Waals surface area (Å²) in [4.78, 5) is 0. The second-order valence-corrected chi connectivity index (χ2v) is 40.9. The molecule has 0 amide bonds. The largest absolute Gasteiger partial charge is 0.494 e. The van der Waals surface area contributed by atoms with Crippen LogP contribution in [-0.4, -0.2) is 41.1 Å². The fourth-order valence-corrected chi connectivity index (χ4v) is 22.3. The van der Waals surface area contributed by atoms with E-state index in [-0.39, 0.29) is 5.04 Å². The highest BCUT2D eigenvalue weighted by Gasteiger charge is 2.39. The fourth-order valence-electron chi connectivity index (χ4n) is 9.35. The lowest BCUT2D eigenvalue weighted by Crippen LogP contribution is -2.42. The monoisotopic (exact) mass is 1190 g/mol. The van der Waals surface area contributed by atoms with Crippen LogP contribution >= 0.6 is 18.1 Å². The SMILES string of the molecule is CCCCCCOc1ccc(P(=S)(c2ccc(OCCCCCC)cc2)c2ccc(P(=S)(CO[Si](C)(C)C(C)(C)C)c3ccc(P(=S)(c4ccc(OCCCCCC)cc4)c4ccc(OCCCCCC)cc4)cc3)cc2)cc1. The summed E-state index contributed by atoms with van der Waals surface area (Å²) in [5.74, 6) is 3.50. The summed E-state index contributed by atoms with van der Waals surface area (Å²) in [6, 6.07) is 44.6. The van der Waals surface area contributed by atoms with Crippen LogP contribution in [0, 0.1) is 0 Å². The number of unbranched alkanes of at least 4 members (excludes halogenated alkanes) is 12. The van der Waals surface area contributed by atoms with E-state index in [4.69, 9.17) is 58.8 Å². The lowest BCUT2D eigenvalue weighted by molar-refractivity contribution is 0.305. The zero-order valence-corrected chi connectivity index (χ0v) is 55.4. The molecule has 0 aliphatic heterocycles. The van der Waals surface area contributed by atoms with Gasteiger partial charge >= 0.3 is 0 Å². The average Bonchev–Trinajstić information content (AvgIpc) is 3.47. The molecule has 6 rings (SSSR count). The second-order valence-electron chi connectivity index (χ2n) is 22.6. The Kier molecular flexibility index (Phi) is 26.2. The van der Waals surface area contributed by atoms with Crippen molar-refractivity contribution in [2.75, 3.05) is 32.8 Å². The van der Waals surface area contributed by atoms with Gasteiger partial charge in [-0.15, -0.1) is 0 Å². The highest BCUT2D eigenvalue weighted by Crippen LogP contribution is 2.50. The van der Waals surface area contributed by atoms with Gasteiger partial charge < -0.3 is 23.4 Å². The normalized spacial score (nSPS) is 12.4. The molecule has 0 unspecified atom stereocenters. The van der Waals surface area contributed by atoms with E-state index in [1.165, 1.54) is 77.0 Å². The maximum absolute atomic E-state index is 7.18. The molecule has 0 fully saturated rings. The summed E-state index contributed by atoms with van der Waals surface area (Å²) in [7, 11) is -2.22. The van der Waals surface area contributed by atoms with E-state index in [0.717, 1.165) is 91.1 Å². The molecule has 0 heterocycles. The molecular formula is C67H93O5P3S3Si. The number of hydrogen-bond acceptors (Lipinski definition) is 8. The zero-order chi connectivity index (χ0) is 56.8. The smallest absolute Gasteiger partial charge is 0.192 e. The first kappa shape index (κ1) is 64.8. The third-order valence-electron chi connectivity index (χ3n) is 15.5. The van der Waals surface area contributed by atoms with Gasteiger partial charge in [0.15, 0.2) is 8.32 Å². The lowest BCUT2D eigenvalue weighted by Gasteiger charge is -2.38. The van der Waals surface area contributed by atoms with Crippen LogP contribution in [0.5, 0.6) is 23.0 Å².